The summed E-state index contributed by atoms with van der Waals surface area (Å²) in [5.41, 5.74) is 0.837. The van der Waals surface area contributed by atoms with Crippen molar-refractivity contribution in [3.8, 4) is 0 Å². The quantitative estimate of drug-likeness (QED) is 0.747. The third kappa shape index (κ3) is 6.80. The number of hydrogen-bond donors (Lipinski definition) is 1. The van der Waals surface area contributed by atoms with Crippen molar-refractivity contribution in [2.45, 2.75) is 52.4 Å². The van der Waals surface area contributed by atoms with E-state index in [1.165, 1.54) is 0 Å². The number of ether oxygens (including phenoxy) is 1. The summed E-state index contributed by atoms with van der Waals surface area (Å²) < 4.78 is 28.9. The first kappa shape index (κ1) is 17.8. The predicted molar refractivity (Wildman–Crippen MR) is 80.0 cm³/mol. The summed E-state index contributed by atoms with van der Waals surface area (Å²) in [7, 11) is 0. The van der Waals surface area contributed by atoms with Gasteiger partial charge in [-0.25, -0.2) is 18.7 Å². The van der Waals surface area contributed by atoms with Crippen molar-refractivity contribution < 1.29 is 13.5 Å². The summed E-state index contributed by atoms with van der Waals surface area (Å²) in [5, 5.41) is 3.24. The molecule has 0 aliphatic heterocycles. The molecule has 0 radical (unpaired) electrons. The fourth-order valence-electron chi connectivity index (χ4n) is 1.67. The third-order valence-corrected chi connectivity index (χ3v) is 2.81. The lowest BCUT2D eigenvalue weighted by Gasteiger charge is -2.19. The van der Waals surface area contributed by atoms with Crippen molar-refractivity contribution in [1.82, 2.24) is 9.97 Å². The molecule has 120 valence electrons. The van der Waals surface area contributed by atoms with Gasteiger partial charge in [-0.2, -0.15) is 0 Å². The summed E-state index contributed by atoms with van der Waals surface area (Å²) in [6.45, 7) is 8.81. The predicted octanol–water partition coefficient (Wildman–Crippen LogP) is 3.42. The Morgan fingerprint density at radius 2 is 2.00 bits per heavy atom. The van der Waals surface area contributed by atoms with E-state index in [1.807, 2.05) is 6.07 Å². The first-order valence-corrected chi connectivity index (χ1v) is 7.31. The van der Waals surface area contributed by atoms with Crippen LogP contribution in [0.4, 0.5) is 14.6 Å². The largest absolute Gasteiger partial charge is 0.375 e. The molecule has 0 aliphatic rings. The molecule has 4 nitrogen and oxygen atoms in total. The molecule has 0 saturated heterocycles. The van der Waals surface area contributed by atoms with Crippen molar-refractivity contribution in [3.63, 3.8) is 0 Å². The molecule has 0 bridgehead atoms. The molecule has 1 N–H and O–H groups in total. The van der Waals surface area contributed by atoms with Crippen LogP contribution < -0.4 is 5.32 Å². The first-order chi connectivity index (χ1) is 9.82. The number of rotatable bonds is 8. The Kier molecular flexibility index (Phi) is 6.95. The molecule has 0 fully saturated rings. The number of aromatic nitrogens is 2. The Bertz CT molecular complexity index is 433. The van der Waals surface area contributed by atoms with Gasteiger partial charge in [0, 0.05) is 24.4 Å². The molecule has 0 atom stereocenters. The minimum Gasteiger partial charge on any atom is -0.375 e. The standard InChI is InChI=1S/C15H25F2N3O/c1-5-7-18-14-9-11(15(2,3)4)19-13(20-14)6-8-21-10-12(16)17/h9,12H,5-8,10H2,1-4H3,(H,18,19,20). The molecule has 0 aromatic carbocycles. The monoisotopic (exact) mass is 301 g/mol. The highest BCUT2D eigenvalue weighted by molar-refractivity contribution is 5.38. The van der Waals surface area contributed by atoms with E-state index in [-0.39, 0.29) is 12.0 Å². The van der Waals surface area contributed by atoms with Gasteiger partial charge in [0.1, 0.15) is 18.2 Å². The van der Waals surface area contributed by atoms with E-state index >= 15 is 0 Å². The van der Waals surface area contributed by atoms with E-state index in [4.69, 9.17) is 4.74 Å². The molecule has 1 aromatic heterocycles. The third-order valence-electron chi connectivity index (χ3n) is 2.81. The van der Waals surface area contributed by atoms with Crippen molar-refractivity contribution in [3.05, 3.63) is 17.6 Å². The molecule has 0 saturated carbocycles. The molecular weight excluding hydrogens is 276 g/mol. The fraction of sp³-hybridized carbons (Fsp3) is 0.733. The summed E-state index contributed by atoms with van der Waals surface area (Å²) >= 11 is 0. The average molecular weight is 301 g/mol. The Labute approximate surface area is 125 Å². The second kappa shape index (κ2) is 8.22. The Hall–Kier alpha value is -1.30. The van der Waals surface area contributed by atoms with Crippen LogP contribution in [0.1, 0.15) is 45.6 Å². The molecule has 1 aromatic rings. The van der Waals surface area contributed by atoms with Crippen molar-refractivity contribution in [2.75, 3.05) is 25.1 Å². The zero-order valence-electron chi connectivity index (χ0n) is 13.2. The summed E-state index contributed by atoms with van der Waals surface area (Å²) in [6, 6.07) is 1.94. The van der Waals surface area contributed by atoms with Gasteiger partial charge in [-0.3, -0.25) is 0 Å². The van der Waals surface area contributed by atoms with Crippen LogP contribution in [-0.2, 0) is 16.6 Å². The van der Waals surface area contributed by atoms with Gasteiger partial charge in [0.25, 0.3) is 6.43 Å². The SMILES string of the molecule is CCCNc1cc(C(C)(C)C)nc(CCOCC(F)F)n1. The number of halogens is 2. The van der Waals surface area contributed by atoms with Gasteiger partial charge in [0.05, 0.1) is 12.3 Å². The van der Waals surface area contributed by atoms with Crippen LogP contribution in [0.5, 0.6) is 0 Å². The molecule has 1 rings (SSSR count). The maximum Gasteiger partial charge on any atom is 0.261 e. The van der Waals surface area contributed by atoms with Gasteiger partial charge in [-0.05, 0) is 6.42 Å². The van der Waals surface area contributed by atoms with Crippen LogP contribution in [0, 0.1) is 0 Å². The number of nitrogens with zero attached hydrogens (tertiary/aromatic N) is 2. The van der Waals surface area contributed by atoms with E-state index in [1.54, 1.807) is 0 Å². The highest BCUT2D eigenvalue weighted by atomic mass is 19.3. The second-order valence-corrected chi connectivity index (χ2v) is 5.95. The molecule has 21 heavy (non-hydrogen) atoms. The van der Waals surface area contributed by atoms with Gasteiger partial charge < -0.3 is 10.1 Å². The van der Waals surface area contributed by atoms with Gasteiger partial charge >= 0.3 is 0 Å². The van der Waals surface area contributed by atoms with Crippen molar-refractivity contribution in [1.29, 1.82) is 0 Å². The molecule has 0 unspecified atom stereocenters. The van der Waals surface area contributed by atoms with Gasteiger partial charge in [0.2, 0.25) is 0 Å². The highest BCUT2D eigenvalue weighted by Gasteiger charge is 2.18. The van der Waals surface area contributed by atoms with Crippen LogP contribution in [0.15, 0.2) is 6.07 Å². The minimum atomic E-state index is -2.44. The Balaban J connectivity index is 2.76. The zero-order chi connectivity index (χ0) is 15.9. The van der Waals surface area contributed by atoms with Crippen LogP contribution in [0.3, 0.4) is 0 Å². The second-order valence-electron chi connectivity index (χ2n) is 5.95. The van der Waals surface area contributed by atoms with E-state index in [9.17, 15) is 8.78 Å². The van der Waals surface area contributed by atoms with Crippen molar-refractivity contribution in [2.24, 2.45) is 0 Å². The van der Waals surface area contributed by atoms with Crippen LogP contribution >= 0.6 is 0 Å². The summed E-state index contributed by atoms with van der Waals surface area (Å²) in [5.74, 6) is 1.40. The highest BCUT2D eigenvalue weighted by Crippen LogP contribution is 2.22. The molecule has 0 aliphatic carbocycles. The Morgan fingerprint density at radius 3 is 2.57 bits per heavy atom. The van der Waals surface area contributed by atoms with E-state index in [0.29, 0.717) is 12.2 Å². The first-order valence-electron chi connectivity index (χ1n) is 7.31. The van der Waals surface area contributed by atoms with Crippen LogP contribution in [0.25, 0.3) is 0 Å². The summed E-state index contributed by atoms with van der Waals surface area (Å²) in [4.78, 5) is 8.92. The topological polar surface area (TPSA) is 47.0 Å². The lowest BCUT2D eigenvalue weighted by Crippen LogP contribution is -2.18. The number of anilines is 1. The lowest BCUT2D eigenvalue weighted by atomic mass is 9.92. The smallest absolute Gasteiger partial charge is 0.261 e. The number of hydrogen-bond acceptors (Lipinski definition) is 4. The fourth-order valence-corrected chi connectivity index (χ4v) is 1.67. The van der Waals surface area contributed by atoms with Gasteiger partial charge in [0.15, 0.2) is 0 Å². The molecule has 6 heteroatoms. The molecule has 0 amide bonds. The minimum absolute atomic E-state index is 0.0931. The van der Waals surface area contributed by atoms with Gasteiger partial charge in [-0.15, -0.1) is 0 Å². The number of alkyl halides is 2. The molecule has 1 heterocycles. The van der Waals surface area contributed by atoms with Crippen molar-refractivity contribution >= 4 is 5.82 Å². The van der Waals surface area contributed by atoms with Gasteiger partial charge in [-0.1, -0.05) is 27.7 Å². The van der Waals surface area contributed by atoms with E-state index in [2.05, 4.69) is 43.0 Å². The maximum atomic E-state index is 12.0. The molecule has 0 spiro atoms. The van der Waals surface area contributed by atoms with Crippen LogP contribution in [0.2, 0.25) is 0 Å². The lowest BCUT2D eigenvalue weighted by molar-refractivity contribution is 0.0182. The zero-order valence-corrected chi connectivity index (χ0v) is 13.2. The van der Waals surface area contributed by atoms with E-state index < -0.39 is 13.0 Å². The van der Waals surface area contributed by atoms with Crippen LogP contribution in [-0.4, -0.2) is 36.2 Å². The average Bonchev–Trinajstić information content (AvgIpc) is 2.40. The van der Waals surface area contributed by atoms with E-state index in [0.717, 1.165) is 24.5 Å². The summed E-state index contributed by atoms with van der Waals surface area (Å²) in [6.07, 6.45) is -1.01. The number of nitrogens with one attached hydrogen (secondary N) is 1. The molecular formula is C15H25F2N3O. The Morgan fingerprint density at radius 1 is 1.29 bits per heavy atom. The normalized spacial score (nSPS) is 12.0. The maximum absolute atomic E-state index is 12.0.